The van der Waals surface area contributed by atoms with Gasteiger partial charge in [-0.1, -0.05) is 71.1 Å². The van der Waals surface area contributed by atoms with Crippen molar-refractivity contribution in [1.29, 1.82) is 0 Å². The lowest BCUT2D eigenvalue weighted by Gasteiger charge is -2.02. The van der Waals surface area contributed by atoms with Crippen molar-refractivity contribution in [2.45, 2.75) is 116 Å². The smallest absolute Gasteiger partial charge is 0.305 e. The van der Waals surface area contributed by atoms with Gasteiger partial charge in [0.1, 0.15) is 0 Å². The van der Waals surface area contributed by atoms with Crippen molar-refractivity contribution >= 4 is 5.97 Å². The molecule has 0 spiro atoms. The molecule has 1 aliphatic heterocycles. The Morgan fingerprint density at radius 2 is 1.30 bits per heavy atom. The Hall–Kier alpha value is -0.570. The van der Waals surface area contributed by atoms with Crippen LogP contribution in [0.1, 0.15) is 104 Å². The van der Waals surface area contributed by atoms with Crippen LogP contribution in [0.3, 0.4) is 0 Å². The maximum absolute atomic E-state index is 11.2. The first-order valence-electron chi connectivity index (χ1n) is 10.1. The first kappa shape index (κ1) is 20.5. The summed E-state index contributed by atoms with van der Waals surface area (Å²) in [4.78, 5) is 11.2. The van der Waals surface area contributed by atoms with E-state index in [-0.39, 0.29) is 5.97 Å². The van der Waals surface area contributed by atoms with Crippen LogP contribution >= 0.6 is 0 Å². The summed E-state index contributed by atoms with van der Waals surface area (Å²) >= 11 is 0. The first-order chi connectivity index (χ1) is 11.3. The summed E-state index contributed by atoms with van der Waals surface area (Å²) in [7, 11) is 0. The van der Waals surface area contributed by atoms with E-state index in [9.17, 15) is 4.79 Å². The maximum atomic E-state index is 11.2. The molecular weight excluding hydrogens is 288 g/mol. The van der Waals surface area contributed by atoms with E-state index in [1.807, 2.05) is 6.92 Å². The molecule has 0 aliphatic carbocycles. The molecule has 0 amide bonds. The molecule has 0 aromatic rings. The van der Waals surface area contributed by atoms with Gasteiger partial charge in [-0.3, -0.25) is 4.79 Å². The van der Waals surface area contributed by atoms with Crippen LogP contribution in [0.2, 0.25) is 0 Å². The molecule has 1 saturated heterocycles. The lowest BCUT2D eigenvalue weighted by Crippen LogP contribution is -2.03. The van der Waals surface area contributed by atoms with Crippen LogP contribution in [0.5, 0.6) is 0 Å². The molecule has 2 atom stereocenters. The largest absolute Gasteiger partial charge is 0.466 e. The van der Waals surface area contributed by atoms with Gasteiger partial charge in [-0.25, -0.2) is 0 Å². The third kappa shape index (κ3) is 11.6. The van der Waals surface area contributed by atoms with Gasteiger partial charge in [-0.2, -0.15) is 0 Å². The Kier molecular flexibility index (Phi) is 12.3. The van der Waals surface area contributed by atoms with Crippen molar-refractivity contribution in [2.24, 2.45) is 0 Å². The summed E-state index contributed by atoms with van der Waals surface area (Å²) in [5, 5.41) is 0. The molecule has 1 heterocycles. The van der Waals surface area contributed by atoms with Gasteiger partial charge in [-0.15, -0.1) is 0 Å². The highest BCUT2D eigenvalue weighted by Crippen LogP contribution is 2.31. The van der Waals surface area contributed by atoms with Crippen molar-refractivity contribution in [1.82, 2.24) is 0 Å². The number of unbranched alkanes of at least 4 members (excludes halogenated alkanes) is 9. The first-order valence-corrected chi connectivity index (χ1v) is 10.1. The van der Waals surface area contributed by atoms with E-state index < -0.39 is 0 Å². The van der Waals surface area contributed by atoms with Crippen LogP contribution in [0.15, 0.2) is 0 Å². The minimum absolute atomic E-state index is 0.0450. The van der Waals surface area contributed by atoms with Crippen LogP contribution in [-0.2, 0) is 14.3 Å². The Labute approximate surface area is 143 Å². The molecule has 0 aromatic heterocycles. The second kappa shape index (κ2) is 13.8. The maximum Gasteiger partial charge on any atom is 0.305 e. The fourth-order valence-electron chi connectivity index (χ4n) is 3.19. The van der Waals surface area contributed by atoms with Gasteiger partial charge in [0.25, 0.3) is 0 Å². The van der Waals surface area contributed by atoms with Crippen molar-refractivity contribution in [2.75, 3.05) is 6.61 Å². The molecular formula is C20H38O3. The molecule has 0 N–H and O–H groups in total. The SMILES string of the molecule is CCCCCCCCC1OC1CCCCCCCC(=O)OCC. The second-order valence-corrected chi connectivity index (χ2v) is 6.88. The predicted molar refractivity (Wildman–Crippen MR) is 95.6 cm³/mol. The number of carbonyl (C=O) groups is 1. The highest BCUT2D eigenvalue weighted by atomic mass is 16.6. The number of carbonyl (C=O) groups excluding carboxylic acids is 1. The number of epoxide rings is 1. The molecule has 0 bridgehead atoms. The van der Waals surface area contributed by atoms with Crippen molar-refractivity contribution in [3.8, 4) is 0 Å². The molecule has 1 rings (SSSR count). The van der Waals surface area contributed by atoms with Gasteiger partial charge in [0.05, 0.1) is 18.8 Å². The fraction of sp³-hybridized carbons (Fsp3) is 0.950. The summed E-state index contributed by atoms with van der Waals surface area (Å²) in [5.74, 6) is -0.0450. The summed E-state index contributed by atoms with van der Waals surface area (Å²) in [5.41, 5.74) is 0. The van der Waals surface area contributed by atoms with Crippen LogP contribution < -0.4 is 0 Å². The van der Waals surface area contributed by atoms with Gasteiger partial charge in [0, 0.05) is 6.42 Å². The lowest BCUT2D eigenvalue weighted by atomic mass is 10.0. The van der Waals surface area contributed by atoms with Crippen LogP contribution in [0.4, 0.5) is 0 Å². The average molecular weight is 327 g/mol. The van der Waals surface area contributed by atoms with E-state index in [0.717, 1.165) is 12.8 Å². The van der Waals surface area contributed by atoms with E-state index >= 15 is 0 Å². The molecule has 1 fully saturated rings. The minimum atomic E-state index is -0.0450. The Balaban J connectivity index is 1.77. The number of hydrogen-bond donors (Lipinski definition) is 0. The number of rotatable bonds is 16. The highest BCUT2D eigenvalue weighted by Gasteiger charge is 2.36. The summed E-state index contributed by atoms with van der Waals surface area (Å²) in [6.45, 7) is 4.63. The van der Waals surface area contributed by atoms with E-state index in [2.05, 4.69) is 6.92 Å². The number of ether oxygens (including phenoxy) is 2. The molecule has 3 nitrogen and oxygen atoms in total. The van der Waals surface area contributed by atoms with Crippen molar-refractivity contribution in [3.05, 3.63) is 0 Å². The van der Waals surface area contributed by atoms with Crippen LogP contribution in [-0.4, -0.2) is 24.8 Å². The van der Waals surface area contributed by atoms with Gasteiger partial charge < -0.3 is 9.47 Å². The van der Waals surface area contributed by atoms with E-state index in [1.165, 1.54) is 70.6 Å². The predicted octanol–water partition coefficient (Wildman–Crippen LogP) is 5.80. The Morgan fingerprint density at radius 1 is 0.783 bits per heavy atom. The zero-order chi connectivity index (χ0) is 16.8. The van der Waals surface area contributed by atoms with Gasteiger partial charge in [-0.05, 0) is 26.2 Å². The van der Waals surface area contributed by atoms with E-state index in [4.69, 9.17) is 9.47 Å². The topological polar surface area (TPSA) is 38.8 Å². The zero-order valence-electron chi connectivity index (χ0n) is 15.5. The summed E-state index contributed by atoms with van der Waals surface area (Å²) in [6, 6.07) is 0. The Morgan fingerprint density at radius 3 is 1.87 bits per heavy atom. The highest BCUT2D eigenvalue weighted by molar-refractivity contribution is 5.69. The van der Waals surface area contributed by atoms with Gasteiger partial charge in [0.2, 0.25) is 0 Å². The van der Waals surface area contributed by atoms with Gasteiger partial charge >= 0.3 is 5.97 Å². The molecule has 3 heteroatoms. The lowest BCUT2D eigenvalue weighted by molar-refractivity contribution is -0.143. The Bertz CT molecular complexity index is 291. The standard InChI is InChI=1S/C20H38O3/c1-3-5-6-7-9-12-15-18-19(23-18)16-13-10-8-11-14-17-20(21)22-4-2/h18-19H,3-17H2,1-2H3. The monoisotopic (exact) mass is 326 g/mol. The minimum Gasteiger partial charge on any atom is -0.466 e. The number of esters is 1. The molecule has 1 aliphatic rings. The second-order valence-electron chi connectivity index (χ2n) is 6.88. The van der Waals surface area contributed by atoms with Crippen LogP contribution in [0, 0.1) is 0 Å². The van der Waals surface area contributed by atoms with Gasteiger partial charge in [0.15, 0.2) is 0 Å². The molecule has 0 aromatic carbocycles. The molecule has 0 saturated carbocycles. The third-order valence-electron chi connectivity index (χ3n) is 4.70. The third-order valence-corrected chi connectivity index (χ3v) is 4.70. The summed E-state index contributed by atoms with van der Waals surface area (Å²) < 4.78 is 10.7. The quantitative estimate of drug-likeness (QED) is 0.204. The van der Waals surface area contributed by atoms with Crippen molar-refractivity contribution in [3.63, 3.8) is 0 Å². The molecule has 136 valence electrons. The van der Waals surface area contributed by atoms with E-state index in [1.54, 1.807) is 0 Å². The van der Waals surface area contributed by atoms with E-state index in [0.29, 0.717) is 25.2 Å². The number of hydrogen-bond acceptors (Lipinski definition) is 3. The molecule has 23 heavy (non-hydrogen) atoms. The normalized spacial score (nSPS) is 19.7. The molecule has 0 radical (unpaired) electrons. The fourth-order valence-corrected chi connectivity index (χ4v) is 3.19. The van der Waals surface area contributed by atoms with Crippen molar-refractivity contribution < 1.29 is 14.3 Å². The zero-order valence-corrected chi connectivity index (χ0v) is 15.5. The molecule has 2 unspecified atom stereocenters. The van der Waals surface area contributed by atoms with Crippen LogP contribution in [0.25, 0.3) is 0 Å². The average Bonchev–Trinajstić information content (AvgIpc) is 3.28. The summed E-state index contributed by atoms with van der Waals surface area (Å²) in [6.07, 6.45) is 18.4.